The molecular formula is C19H18N6O3S. The van der Waals surface area contributed by atoms with E-state index in [1.807, 2.05) is 30.3 Å². The highest BCUT2D eigenvalue weighted by Crippen LogP contribution is 2.20. The number of amides is 3. The van der Waals surface area contributed by atoms with Gasteiger partial charge in [-0.05, 0) is 11.6 Å². The van der Waals surface area contributed by atoms with Crippen molar-refractivity contribution in [3.05, 3.63) is 70.5 Å². The highest BCUT2D eigenvalue weighted by molar-refractivity contribution is 7.99. The van der Waals surface area contributed by atoms with E-state index in [0.717, 1.165) is 17.3 Å². The minimum atomic E-state index is -0.603. The summed E-state index contributed by atoms with van der Waals surface area (Å²) in [5, 5.41) is 12.8. The van der Waals surface area contributed by atoms with Gasteiger partial charge >= 0.3 is 6.03 Å². The molecule has 0 radical (unpaired) electrons. The number of nitrogens with zero attached hydrogens (tertiary/aromatic N) is 2. The summed E-state index contributed by atoms with van der Waals surface area (Å²) in [6.45, 7) is 0.302. The Labute approximate surface area is 170 Å². The lowest BCUT2D eigenvalue weighted by Crippen LogP contribution is -2.40. The van der Waals surface area contributed by atoms with Crippen molar-refractivity contribution in [1.82, 2.24) is 25.8 Å². The van der Waals surface area contributed by atoms with Crippen LogP contribution in [0.1, 0.15) is 5.56 Å². The first kappa shape index (κ1) is 20.1. The number of benzene rings is 2. The van der Waals surface area contributed by atoms with Gasteiger partial charge in [-0.2, -0.15) is 0 Å². The topological polar surface area (TPSA) is 143 Å². The Balaban J connectivity index is 1.51. The lowest BCUT2D eigenvalue weighted by atomic mass is 10.1. The molecule has 0 bridgehead atoms. The number of aromatic amines is 1. The first-order chi connectivity index (χ1) is 14.0. The van der Waals surface area contributed by atoms with Crippen LogP contribution in [0, 0.1) is 0 Å². The Morgan fingerprint density at radius 2 is 1.76 bits per heavy atom. The van der Waals surface area contributed by atoms with Gasteiger partial charge in [-0.25, -0.2) is 4.79 Å². The molecule has 5 N–H and O–H groups in total. The molecule has 0 saturated carbocycles. The van der Waals surface area contributed by atoms with Crippen LogP contribution >= 0.6 is 11.8 Å². The van der Waals surface area contributed by atoms with Crippen molar-refractivity contribution in [2.24, 2.45) is 0 Å². The van der Waals surface area contributed by atoms with Crippen molar-refractivity contribution in [3.8, 4) is 11.3 Å². The molecule has 0 saturated heterocycles. The van der Waals surface area contributed by atoms with Gasteiger partial charge < -0.3 is 11.1 Å². The highest BCUT2D eigenvalue weighted by atomic mass is 32.2. The van der Waals surface area contributed by atoms with Crippen molar-refractivity contribution >= 4 is 29.4 Å². The van der Waals surface area contributed by atoms with Crippen molar-refractivity contribution in [2.45, 2.75) is 11.7 Å². The van der Waals surface area contributed by atoms with Crippen LogP contribution in [0.4, 0.5) is 10.5 Å². The largest absolute Gasteiger partial charge is 0.398 e. The first-order valence-corrected chi connectivity index (χ1v) is 9.58. The number of nitrogen functional groups attached to an aromatic ring is 1. The van der Waals surface area contributed by atoms with Crippen molar-refractivity contribution in [1.29, 1.82) is 0 Å². The Morgan fingerprint density at radius 1 is 1.03 bits per heavy atom. The lowest BCUT2D eigenvalue weighted by molar-refractivity contribution is -0.117. The minimum absolute atomic E-state index is 0.0946. The molecule has 0 fully saturated rings. The fourth-order valence-electron chi connectivity index (χ4n) is 2.39. The molecule has 1 aromatic heterocycles. The highest BCUT2D eigenvalue weighted by Gasteiger charge is 2.13. The van der Waals surface area contributed by atoms with E-state index < -0.39 is 17.5 Å². The number of thioether (sulfide) groups is 1. The Morgan fingerprint density at radius 3 is 2.48 bits per heavy atom. The molecule has 29 heavy (non-hydrogen) atoms. The number of carbonyl (C=O) groups excluding carboxylic acids is 2. The van der Waals surface area contributed by atoms with Gasteiger partial charge in [-0.3, -0.25) is 19.9 Å². The van der Waals surface area contributed by atoms with E-state index in [1.54, 1.807) is 24.3 Å². The second kappa shape index (κ2) is 9.51. The van der Waals surface area contributed by atoms with Gasteiger partial charge in [0.15, 0.2) is 10.9 Å². The van der Waals surface area contributed by atoms with Crippen LogP contribution in [0.5, 0.6) is 0 Å². The SMILES string of the molecule is Nc1ccccc1-c1nnc(SCC(=O)NC(=O)NCc2ccccc2)[nH]c1=O. The molecule has 0 aliphatic rings. The number of H-pyrrole nitrogens is 1. The fraction of sp³-hybridized carbons (Fsp3) is 0.105. The van der Waals surface area contributed by atoms with Gasteiger partial charge in [-0.15, -0.1) is 10.2 Å². The van der Waals surface area contributed by atoms with Gasteiger partial charge in [0.1, 0.15) is 0 Å². The number of hydrogen-bond acceptors (Lipinski definition) is 7. The first-order valence-electron chi connectivity index (χ1n) is 8.59. The van der Waals surface area contributed by atoms with Gasteiger partial charge in [0.2, 0.25) is 5.91 Å². The maximum Gasteiger partial charge on any atom is 0.321 e. The van der Waals surface area contributed by atoms with E-state index in [2.05, 4.69) is 25.8 Å². The summed E-state index contributed by atoms with van der Waals surface area (Å²) in [6.07, 6.45) is 0. The van der Waals surface area contributed by atoms with E-state index in [9.17, 15) is 14.4 Å². The maximum absolute atomic E-state index is 12.2. The number of aromatic nitrogens is 3. The predicted octanol–water partition coefficient (Wildman–Crippen LogP) is 1.53. The van der Waals surface area contributed by atoms with Crippen LogP contribution in [-0.2, 0) is 11.3 Å². The Bertz CT molecular complexity index is 1070. The molecule has 2 aromatic carbocycles. The van der Waals surface area contributed by atoms with Gasteiger partial charge in [0, 0.05) is 17.8 Å². The number of nitrogens with one attached hydrogen (secondary N) is 3. The number of urea groups is 1. The second-order valence-corrected chi connectivity index (χ2v) is 6.86. The number of imide groups is 1. The average Bonchev–Trinajstić information content (AvgIpc) is 2.72. The van der Waals surface area contributed by atoms with E-state index in [4.69, 9.17) is 5.73 Å². The summed E-state index contributed by atoms with van der Waals surface area (Å²) < 4.78 is 0. The number of para-hydroxylation sites is 1. The number of hydrogen-bond donors (Lipinski definition) is 4. The second-order valence-electron chi connectivity index (χ2n) is 5.90. The lowest BCUT2D eigenvalue weighted by Gasteiger charge is -2.07. The summed E-state index contributed by atoms with van der Waals surface area (Å²) >= 11 is 0.955. The molecule has 3 rings (SSSR count). The molecule has 3 aromatic rings. The van der Waals surface area contributed by atoms with Crippen molar-refractivity contribution in [3.63, 3.8) is 0 Å². The normalized spacial score (nSPS) is 10.3. The third-order valence-corrected chi connectivity index (χ3v) is 4.64. The van der Waals surface area contributed by atoms with Crippen LogP contribution < -0.4 is 21.9 Å². The molecule has 0 spiro atoms. The molecule has 0 atom stereocenters. The number of anilines is 1. The van der Waals surface area contributed by atoms with Crippen LogP contribution in [0.25, 0.3) is 11.3 Å². The predicted molar refractivity (Wildman–Crippen MR) is 110 cm³/mol. The van der Waals surface area contributed by atoms with Crippen LogP contribution in [0.3, 0.4) is 0 Å². The quantitative estimate of drug-likeness (QED) is 0.356. The third kappa shape index (κ3) is 5.66. The van der Waals surface area contributed by atoms with E-state index >= 15 is 0 Å². The zero-order valence-electron chi connectivity index (χ0n) is 15.2. The summed E-state index contributed by atoms with van der Waals surface area (Å²) in [5.41, 5.74) is 7.27. The molecule has 9 nitrogen and oxygen atoms in total. The molecule has 10 heteroatoms. The molecule has 148 valence electrons. The standard InChI is InChI=1S/C19H18N6O3S/c20-14-9-5-4-8-13(14)16-17(27)23-19(25-24-16)29-11-15(26)22-18(28)21-10-12-6-2-1-3-7-12/h1-9H,10-11,20H2,(H,23,25,27)(H2,21,22,26,28). The van der Waals surface area contributed by atoms with E-state index in [1.165, 1.54) is 0 Å². The van der Waals surface area contributed by atoms with Gasteiger partial charge in [-0.1, -0.05) is 60.3 Å². The monoisotopic (exact) mass is 410 g/mol. The molecule has 3 amide bonds. The van der Waals surface area contributed by atoms with Crippen molar-refractivity contribution in [2.75, 3.05) is 11.5 Å². The Hall–Kier alpha value is -3.66. The molecule has 0 aliphatic heterocycles. The van der Waals surface area contributed by atoms with Crippen LogP contribution in [-0.4, -0.2) is 32.9 Å². The smallest absolute Gasteiger partial charge is 0.321 e. The molecule has 1 heterocycles. The zero-order valence-corrected chi connectivity index (χ0v) is 16.0. The Kier molecular flexibility index (Phi) is 6.59. The van der Waals surface area contributed by atoms with Gasteiger partial charge in [0.25, 0.3) is 5.56 Å². The summed E-state index contributed by atoms with van der Waals surface area (Å²) in [7, 11) is 0. The fourth-order valence-corrected chi connectivity index (χ4v) is 3.00. The van der Waals surface area contributed by atoms with E-state index in [0.29, 0.717) is 17.8 Å². The summed E-state index contributed by atoms with van der Waals surface area (Å²) in [4.78, 5) is 38.5. The maximum atomic E-state index is 12.2. The summed E-state index contributed by atoms with van der Waals surface area (Å²) in [6, 6.07) is 15.5. The summed E-state index contributed by atoms with van der Waals surface area (Å²) in [5.74, 6) is -0.643. The van der Waals surface area contributed by atoms with Gasteiger partial charge in [0.05, 0.1) is 5.75 Å². The molecule has 0 aliphatic carbocycles. The number of nitrogens with two attached hydrogens (primary N) is 1. The average molecular weight is 410 g/mol. The van der Waals surface area contributed by atoms with Crippen LogP contribution in [0.2, 0.25) is 0 Å². The molecular weight excluding hydrogens is 392 g/mol. The molecule has 0 unspecified atom stereocenters. The van der Waals surface area contributed by atoms with Crippen LogP contribution in [0.15, 0.2) is 64.5 Å². The number of carbonyl (C=O) groups is 2. The number of rotatable bonds is 6. The third-order valence-electron chi connectivity index (χ3n) is 3.78. The van der Waals surface area contributed by atoms with E-state index in [-0.39, 0.29) is 16.6 Å². The van der Waals surface area contributed by atoms with Crippen molar-refractivity contribution < 1.29 is 9.59 Å². The minimum Gasteiger partial charge on any atom is -0.398 e. The zero-order chi connectivity index (χ0) is 20.6.